The molecule has 0 atom stereocenters. The van der Waals surface area contributed by atoms with Crippen LogP contribution in [0.25, 0.3) is 0 Å². The summed E-state index contributed by atoms with van der Waals surface area (Å²) in [5, 5.41) is 3.58. The molecule has 0 radical (unpaired) electrons. The van der Waals surface area contributed by atoms with Gasteiger partial charge in [0.1, 0.15) is 0 Å². The smallest absolute Gasteiger partial charge is 0.316 e. The van der Waals surface area contributed by atoms with Gasteiger partial charge in [-0.15, -0.1) is 0 Å². The van der Waals surface area contributed by atoms with Crippen LogP contribution in [0.15, 0.2) is 4.52 Å². The first-order valence-corrected chi connectivity index (χ1v) is 4.37. The zero-order chi connectivity index (χ0) is 9.26. The molecule has 2 heterocycles. The van der Waals surface area contributed by atoms with Crippen LogP contribution in [0.2, 0.25) is 0 Å². The molecule has 13 heavy (non-hydrogen) atoms. The highest BCUT2D eigenvalue weighted by atomic mass is 16.5. The Morgan fingerprint density at radius 3 is 2.69 bits per heavy atom. The van der Waals surface area contributed by atoms with Crippen molar-refractivity contribution in [3.63, 3.8) is 0 Å². The molecule has 0 spiro atoms. The molecule has 2 rings (SSSR count). The first kappa shape index (κ1) is 8.22. The maximum absolute atomic E-state index is 11.6. The van der Waals surface area contributed by atoms with Gasteiger partial charge < -0.3 is 9.42 Å². The van der Waals surface area contributed by atoms with Gasteiger partial charge in [0.15, 0.2) is 5.82 Å². The molecule has 0 aliphatic carbocycles. The van der Waals surface area contributed by atoms with E-state index in [4.69, 9.17) is 4.52 Å². The zero-order valence-electron chi connectivity index (χ0n) is 7.49. The van der Waals surface area contributed by atoms with Crippen molar-refractivity contribution >= 4 is 5.91 Å². The zero-order valence-corrected chi connectivity index (χ0v) is 7.49. The Labute approximate surface area is 75.7 Å². The van der Waals surface area contributed by atoms with Crippen molar-refractivity contribution in [3.05, 3.63) is 11.7 Å². The van der Waals surface area contributed by atoms with Crippen LogP contribution in [-0.2, 0) is 0 Å². The lowest BCUT2D eigenvalue weighted by atomic mass is 10.4. The molecule has 1 aliphatic heterocycles. The van der Waals surface area contributed by atoms with E-state index < -0.39 is 0 Å². The summed E-state index contributed by atoms with van der Waals surface area (Å²) in [6, 6.07) is 0. The summed E-state index contributed by atoms with van der Waals surface area (Å²) < 4.78 is 4.79. The van der Waals surface area contributed by atoms with E-state index >= 15 is 0 Å². The average Bonchev–Trinajstić information content (AvgIpc) is 2.72. The second-order valence-corrected chi connectivity index (χ2v) is 3.15. The molecule has 0 unspecified atom stereocenters. The van der Waals surface area contributed by atoms with Gasteiger partial charge in [0.05, 0.1) is 0 Å². The summed E-state index contributed by atoms with van der Waals surface area (Å²) >= 11 is 0. The summed E-state index contributed by atoms with van der Waals surface area (Å²) in [4.78, 5) is 17.2. The Hall–Kier alpha value is -1.39. The first-order chi connectivity index (χ1) is 6.27. The van der Waals surface area contributed by atoms with Crippen LogP contribution in [0.4, 0.5) is 0 Å². The van der Waals surface area contributed by atoms with Crippen LogP contribution in [0, 0.1) is 6.92 Å². The SMILES string of the molecule is Cc1noc(C(=O)N2CCCC2)n1. The maximum Gasteiger partial charge on any atom is 0.316 e. The van der Waals surface area contributed by atoms with Crippen LogP contribution in [-0.4, -0.2) is 34.0 Å². The van der Waals surface area contributed by atoms with Gasteiger partial charge in [-0.25, -0.2) is 0 Å². The average molecular weight is 181 g/mol. The summed E-state index contributed by atoms with van der Waals surface area (Å²) in [7, 11) is 0. The number of rotatable bonds is 1. The van der Waals surface area contributed by atoms with E-state index in [-0.39, 0.29) is 11.8 Å². The Bertz CT molecular complexity index is 315. The molecular weight excluding hydrogens is 170 g/mol. The van der Waals surface area contributed by atoms with E-state index in [1.54, 1.807) is 11.8 Å². The van der Waals surface area contributed by atoms with Crippen LogP contribution >= 0.6 is 0 Å². The van der Waals surface area contributed by atoms with Gasteiger partial charge in [-0.2, -0.15) is 4.98 Å². The number of aryl methyl sites for hydroxylation is 1. The Balaban J connectivity index is 2.12. The highest BCUT2D eigenvalue weighted by Crippen LogP contribution is 2.11. The Kier molecular flexibility index (Phi) is 2.00. The van der Waals surface area contributed by atoms with E-state index in [0.29, 0.717) is 5.82 Å². The van der Waals surface area contributed by atoms with Crippen molar-refractivity contribution in [1.82, 2.24) is 15.0 Å². The summed E-state index contributed by atoms with van der Waals surface area (Å²) in [6.45, 7) is 3.31. The monoisotopic (exact) mass is 181 g/mol. The fourth-order valence-corrected chi connectivity index (χ4v) is 1.44. The molecule has 5 heteroatoms. The van der Waals surface area contributed by atoms with Crippen LogP contribution < -0.4 is 0 Å². The van der Waals surface area contributed by atoms with E-state index in [0.717, 1.165) is 25.9 Å². The number of hydrogen-bond acceptors (Lipinski definition) is 4. The molecule has 0 bridgehead atoms. The van der Waals surface area contributed by atoms with Gasteiger partial charge in [0.2, 0.25) is 0 Å². The van der Waals surface area contributed by atoms with Crippen LogP contribution in [0.5, 0.6) is 0 Å². The molecule has 1 saturated heterocycles. The number of likely N-dealkylation sites (tertiary alicyclic amines) is 1. The van der Waals surface area contributed by atoms with E-state index in [1.165, 1.54) is 0 Å². The topological polar surface area (TPSA) is 59.2 Å². The molecule has 1 aliphatic rings. The second-order valence-electron chi connectivity index (χ2n) is 3.15. The third-order valence-corrected chi connectivity index (χ3v) is 2.10. The molecule has 1 fully saturated rings. The lowest BCUT2D eigenvalue weighted by molar-refractivity contribution is 0.0743. The molecule has 5 nitrogen and oxygen atoms in total. The largest absolute Gasteiger partial charge is 0.334 e. The normalized spacial score (nSPS) is 16.5. The number of amides is 1. The van der Waals surface area contributed by atoms with E-state index in [2.05, 4.69) is 10.1 Å². The maximum atomic E-state index is 11.6. The number of aromatic nitrogens is 2. The molecule has 0 aromatic carbocycles. The summed E-state index contributed by atoms with van der Waals surface area (Å²) in [5.41, 5.74) is 0. The highest BCUT2D eigenvalue weighted by molar-refractivity contribution is 5.89. The van der Waals surface area contributed by atoms with Crippen LogP contribution in [0.1, 0.15) is 29.4 Å². The van der Waals surface area contributed by atoms with Crippen molar-refractivity contribution in [2.45, 2.75) is 19.8 Å². The standard InChI is InChI=1S/C8H11N3O2/c1-6-9-7(13-10-6)8(12)11-4-2-3-5-11/h2-5H2,1H3. The predicted molar refractivity (Wildman–Crippen MR) is 44.2 cm³/mol. The third-order valence-electron chi connectivity index (χ3n) is 2.10. The molecule has 1 aromatic rings. The number of carbonyl (C=O) groups is 1. The number of hydrogen-bond donors (Lipinski definition) is 0. The van der Waals surface area contributed by atoms with E-state index in [1.807, 2.05) is 0 Å². The fourth-order valence-electron chi connectivity index (χ4n) is 1.44. The van der Waals surface area contributed by atoms with Crippen molar-refractivity contribution in [1.29, 1.82) is 0 Å². The lowest BCUT2D eigenvalue weighted by Gasteiger charge is -2.10. The minimum Gasteiger partial charge on any atom is -0.334 e. The first-order valence-electron chi connectivity index (χ1n) is 4.37. The lowest BCUT2D eigenvalue weighted by Crippen LogP contribution is -2.27. The number of carbonyl (C=O) groups excluding carboxylic acids is 1. The van der Waals surface area contributed by atoms with Crippen LogP contribution in [0.3, 0.4) is 0 Å². The molecule has 0 N–H and O–H groups in total. The van der Waals surface area contributed by atoms with Gasteiger partial charge in [-0.3, -0.25) is 4.79 Å². The molecule has 1 amide bonds. The van der Waals surface area contributed by atoms with Crippen molar-refractivity contribution in [2.24, 2.45) is 0 Å². The molecular formula is C8H11N3O2. The summed E-state index contributed by atoms with van der Waals surface area (Å²) in [5.74, 6) is 0.472. The van der Waals surface area contributed by atoms with Gasteiger partial charge in [0.25, 0.3) is 0 Å². The van der Waals surface area contributed by atoms with Crippen molar-refractivity contribution < 1.29 is 9.32 Å². The molecule has 70 valence electrons. The van der Waals surface area contributed by atoms with Gasteiger partial charge in [-0.1, -0.05) is 5.16 Å². The summed E-state index contributed by atoms with van der Waals surface area (Å²) in [6.07, 6.45) is 2.14. The van der Waals surface area contributed by atoms with Crippen molar-refractivity contribution in [2.75, 3.05) is 13.1 Å². The quantitative estimate of drug-likeness (QED) is 0.637. The van der Waals surface area contributed by atoms with Gasteiger partial charge in [-0.05, 0) is 19.8 Å². The predicted octanol–water partition coefficient (Wildman–Crippen LogP) is 0.614. The fraction of sp³-hybridized carbons (Fsp3) is 0.625. The number of nitrogens with zero attached hydrogens (tertiary/aromatic N) is 3. The molecule has 0 saturated carbocycles. The second kappa shape index (κ2) is 3.16. The molecule has 1 aromatic heterocycles. The third kappa shape index (κ3) is 1.54. The minimum absolute atomic E-state index is 0.111. The Morgan fingerprint density at radius 1 is 1.46 bits per heavy atom. The van der Waals surface area contributed by atoms with Gasteiger partial charge >= 0.3 is 11.8 Å². The van der Waals surface area contributed by atoms with Gasteiger partial charge in [0, 0.05) is 13.1 Å². The highest BCUT2D eigenvalue weighted by Gasteiger charge is 2.23. The van der Waals surface area contributed by atoms with Crippen molar-refractivity contribution in [3.8, 4) is 0 Å². The minimum atomic E-state index is -0.141. The van der Waals surface area contributed by atoms with E-state index in [9.17, 15) is 4.79 Å². The Morgan fingerprint density at radius 2 is 2.15 bits per heavy atom.